The molecule has 0 aliphatic carbocycles. The summed E-state index contributed by atoms with van der Waals surface area (Å²) in [5.74, 6) is -3.94. The molecular formula is C29H34F4N4O4. The van der Waals surface area contributed by atoms with Crippen molar-refractivity contribution in [1.82, 2.24) is 15.4 Å². The van der Waals surface area contributed by atoms with Gasteiger partial charge in [-0.1, -0.05) is 0 Å². The Bertz CT molecular complexity index is 1360. The van der Waals surface area contributed by atoms with Crippen molar-refractivity contribution in [3.63, 3.8) is 0 Å². The molecule has 1 amide bonds. The van der Waals surface area contributed by atoms with Crippen LogP contribution in [0.4, 0.5) is 23.2 Å². The summed E-state index contributed by atoms with van der Waals surface area (Å²) in [6, 6.07) is 6.37. The number of amides is 1. The van der Waals surface area contributed by atoms with Crippen molar-refractivity contribution in [3.05, 3.63) is 59.5 Å². The maximum atomic E-state index is 16.1. The zero-order valence-electron chi connectivity index (χ0n) is 23.2. The van der Waals surface area contributed by atoms with Crippen molar-refractivity contribution in [3.8, 4) is 11.5 Å². The number of methoxy groups -OCH3 is 1. The summed E-state index contributed by atoms with van der Waals surface area (Å²) in [5.41, 5.74) is 2.43. The fourth-order valence-corrected chi connectivity index (χ4v) is 5.40. The number of likely N-dealkylation sites (tertiary alicyclic amines) is 1. The fourth-order valence-electron chi connectivity index (χ4n) is 5.40. The van der Waals surface area contributed by atoms with Gasteiger partial charge >= 0.3 is 0 Å². The first-order valence-electron chi connectivity index (χ1n) is 13.3. The summed E-state index contributed by atoms with van der Waals surface area (Å²) in [5, 5.41) is 10.1. The first-order chi connectivity index (χ1) is 19.6. The molecule has 3 aromatic rings. The Labute approximate surface area is 235 Å². The van der Waals surface area contributed by atoms with E-state index < -0.39 is 40.7 Å². The Morgan fingerprint density at radius 3 is 2.46 bits per heavy atom. The topological polar surface area (TPSA) is 87.2 Å². The Morgan fingerprint density at radius 1 is 1.17 bits per heavy atom. The lowest BCUT2D eigenvalue weighted by Crippen LogP contribution is -2.49. The number of aromatic nitrogens is 1. The number of halogens is 4. The maximum Gasteiger partial charge on any atom is 0.249 e. The highest BCUT2D eigenvalue weighted by atomic mass is 19.1. The van der Waals surface area contributed by atoms with Gasteiger partial charge in [-0.3, -0.25) is 19.9 Å². The number of hydrogen-bond donors (Lipinski definition) is 2. The summed E-state index contributed by atoms with van der Waals surface area (Å²) in [6.07, 6.45) is 1.06. The van der Waals surface area contributed by atoms with Crippen LogP contribution in [0.15, 0.2) is 36.5 Å². The minimum atomic E-state index is -1.43. The predicted molar refractivity (Wildman–Crippen MR) is 146 cm³/mol. The van der Waals surface area contributed by atoms with E-state index in [1.54, 1.807) is 48.9 Å². The standard InChI is InChI=1S/C29H34F4N4O4/c1-36(2)25-17-34-24-5-4-19(40-3)16-20(24)26(25)21(31)6-7-29(28(38)35-39)8-10-37(11-9-29)12-13-41-27-22(32)14-18(30)15-23(27)33/h4-5,14-17,21,39H,6-13H2,1-3H3,(H,35,38)/t21-/m1/s1. The number of fused-ring (bicyclic) bond motifs is 1. The van der Waals surface area contributed by atoms with E-state index in [4.69, 9.17) is 9.47 Å². The number of nitrogens with zero attached hydrogens (tertiary/aromatic N) is 3. The molecule has 222 valence electrons. The van der Waals surface area contributed by atoms with E-state index >= 15 is 4.39 Å². The zero-order valence-corrected chi connectivity index (χ0v) is 23.2. The number of hydroxylamine groups is 1. The SMILES string of the molecule is COc1ccc2ncc(N(C)C)c([C@H](F)CCC3(C(=O)NO)CCN(CCOc4c(F)cc(F)cc4F)CC3)c2c1. The number of alkyl halides is 1. The van der Waals surface area contributed by atoms with Crippen LogP contribution in [0.2, 0.25) is 0 Å². The molecule has 0 radical (unpaired) electrons. The van der Waals surface area contributed by atoms with E-state index in [2.05, 4.69) is 4.98 Å². The van der Waals surface area contributed by atoms with E-state index in [1.165, 1.54) is 7.11 Å². The minimum Gasteiger partial charge on any atom is -0.497 e. The third-order valence-corrected chi connectivity index (χ3v) is 7.78. The van der Waals surface area contributed by atoms with Gasteiger partial charge in [-0.15, -0.1) is 0 Å². The summed E-state index contributed by atoms with van der Waals surface area (Å²) in [4.78, 5) is 21.0. The van der Waals surface area contributed by atoms with E-state index in [9.17, 15) is 23.2 Å². The summed E-state index contributed by atoms with van der Waals surface area (Å²) < 4.78 is 67.5. The molecule has 41 heavy (non-hydrogen) atoms. The molecule has 1 fully saturated rings. The average Bonchev–Trinajstić information content (AvgIpc) is 2.96. The van der Waals surface area contributed by atoms with E-state index in [0.29, 0.717) is 72.5 Å². The van der Waals surface area contributed by atoms with Crippen molar-refractivity contribution in [2.24, 2.45) is 5.41 Å². The zero-order chi connectivity index (χ0) is 29.7. The highest BCUT2D eigenvalue weighted by Gasteiger charge is 2.42. The smallest absolute Gasteiger partial charge is 0.249 e. The molecule has 1 saturated heterocycles. The third-order valence-electron chi connectivity index (χ3n) is 7.78. The van der Waals surface area contributed by atoms with Gasteiger partial charge in [0, 0.05) is 43.7 Å². The number of carbonyl (C=O) groups excluding carboxylic acids is 1. The molecule has 2 aromatic carbocycles. The normalized spacial score (nSPS) is 15.9. The quantitative estimate of drug-likeness (QED) is 0.184. The van der Waals surface area contributed by atoms with E-state index in [0.717, 1.165) is 0 Å². The van der Waals surface area contributed by atoms with Crippen molar-refractivity contribution in [2.75, 3.05) is 52.3 Å². The van der Waals surface area contributed by atoms with Gasteiger partial charge in [0.2, 0.25) is 5.91 Å². The van der Waals surface area contributed by atoms with Crippen LogP contribution >= 0.6 is 0 Å². The molecule has 4 rings (SSSR count). The van der Waals surface area contributed by atoms with Crippen LogP contribution in [0.3, 0.4) is 0 Å². The lowest BCUT2D eigenvalue weighted by molar-refractivity contribution is -0.143. The average molecular weight is 579 g/mol. The minimum absolute atomic E-state index is 0.0246. The van der Waals surface area contributed by atoms with Crippen LogP contribution in [0, 0.1) is 22.9 Å². The second kappa shape index (κ2) is 12.9. The van der Waals surface area contributed by atoms with Gasteiger partial charge in [0.15, 0.2) is 17.4 Å². The molecular weight excluding hydrogens is 544 g/mol. The fraction of sp³-hybridized carbons (Fsp3) is 0.448. The van der Waals surface area contributed by atoms with Crippen molar-refractivity contribution in [1.29, 1.82) is 0 Å². The molecule has 8 nitrogen and oxygen atoms in total. The van der Waals surface area contributed by atoms with E-state index in [1.807, 2.05) is 4.90 Å². The molecule has 0 saturated carbocycles. The van der Waals surface area contributed by atoms with Crippen molar-refractivity contribution >= 4 is 22.5 Å². The van der Waals surface area contributed by atoms with Gasteiger partial charge in [-0.2, -0.15) is 0 Å². The first kappa shape index (κ1) is 30.3. The Balaban J connectivity index is 1.44. The summed E-state index contributed by atoms with van der Waals surface area (Å²) in [6.45, 7) is 1.08. The Hall–Kier alpha value is -3.64. The molecule has 1 aliphatic heterocycles. The van der Waals surface area contributed by atoms with Gasteiger partial charge in [-0.05, 0) is 57.0 Å². The van der Waals surface area contributed by atoms with Crippen molar-refractivity contribution in [2.45, 2.75) is 31.9 Å². The van der Waals surface area contributed by atoms with Gasteiger partial charge in [0.25, 0.3) is 0 Å². The predicted octanol–water partition coefficient (Wildman–Crippen LogP) is 5.18. The third kappa shape index (κ3) is 6.65. The van der Waals surface area contributed by atoms with E-state index in [-0.39, 0.29) is 19.4 Å². The monoisotopic (exact) mass is 578 g/mol. The van der Waals surface area contributed by atoms with Crippen LogP contribution in [-0.2, 0) is 4.79 Å². The Kier molecular flexibility index (Phi) is 9.54. The molecule has 0 bridgehead atoms. The number of carbonyl (C=O) groups is 1. The van der Waals surface area contributed by atoms with Crippen LogP contribution in [0.5, 0.6) is 11.5 Å². The number of rotatable bonds is 11. The number of ether oxygens (including phenoxy) is 2. The Morgan fingerprint density at radius 2 is 1.85 bits per heavy atom. The molecule has 12 heteroatoms. The second-order valence-electron chi connectivity index (χ2n) is 10.5. The second-order valence-corrected chi connectivity index (χ2v) is 10.5. The summed E-state index contributed by atoms with van der Waals surface area (Å²) in [7, 11) is 5.14. The number of hydrogen-bond acceptors (Lipinski definition) is 7. The lowest BCUT2D eigenvalue weighted by atomic mass is 9.73. The van der Waals surface area contributed by atoms with Gasteiger partial charge in [0.1, 0.15) is 24.3 Å². The highest BCUT2D eigenvalue weighted by molar-refractivity contribution is 5.88. The number of anilines is 1. The molecule has 0 unspecified atom stereocenters. The number of pyridine rings is 1. The van der Waals surface area contributed by atoms with Crippen molar-refractivity contribution < 1.29 is 37.0 Å². The molecule has 1 atom stereocenters. The number of piperidine rings is 1. The van der Waals surface area contributed by atoms with Gasteiger partial charge < -0.3 is 14.4 Å². The molecule has 1 aromatic heterocycles. The number of nitrogens with one attached hydrogen (secondary N) is 1. The van der Waals surface area contributed by atoms with Crippen LogP contribution in [0.1, 0.15) is 37.4 Å². The van der Waals surface area contributed by atoms with Crippen LogP contribution in [0.25, 0.3) is 10.9 Å². The number of benzene rings is 2. The summed E-state index contributed by atoms with van der Waals surface area (Å²) >= 11 is 0. The van der Waals surface area contributed by atoms with Crippen LogP contribution < -0.4 is 19.9 Å². The van der Waals surface area contributed by atoms with Gasteiger partial charge in [-0.25, -0.2) is 23.0 Å². The van der Waals surface area contributed by atoms with Gasteiger partial charge in [0.05, 0.1) is 29.9 Å². The molecule has 1 aliphatic rings. The first-order valence-corrected chi connectivity index (χ1v) is 13.3. The molecule has 2 N–H and O–H groups in total. The molecule has 0 spiro atoms. The maximum absolute atomic E-state index is 16.1. The highest BCUT2D eigenvalue weighted by Crippen LogP contribution is 2.43. The lowest BCUT2D eigenvalue weighted by Gasteiger charge is -2.40. The largest absolute Gasteiger partial charge is 0.497 e. The molecule has 2 heterocycles. The van der Waals surface area contributed by atoms with Crippen LogP contribution in [-0.4, -0.2) is 68.4 Å².